The number of fused-ring (bicyclic) bond motifs is 1. The molecule has 4 rings (SSSR count). The van der Waals surface area contributed by atoms with Crippen molar-refractivity contribution in [2.24, 2.45) is 23.1 Å². The normalized spacial score (nSPS) is 15.9. The van der Waals surface area contributed by atoms with Crippen molar-refractivity contribution in [3.8, 4) is 5.75 Å². The highest BCUT2D eigenvalue weighted by molar-refractivity contribution is 5.96. The van der Waals surface area contributed by atoms with Gasteiger partial charge in [0.05, 0.1) is 24.9 Å². The van der Waals surface area contributed by atoms with Gasteiger partial charge in [0.25, 0.3) is 0 Å². The lowest BCUT2D eigenvalue weighted by Crippen LogP contribution is -2.58. The highest BCUT2D eigenvalue weighted by atomic mass is 16.4. The number of nitrogens with two attached hydrogens (primary N) is 3. The summed E-state index contributed by atoms with van der Waals surface area (Å²) < 4.78 is 0. The number of aromatic amines is 1. The Labute approximate surface area is 373 Å². The first-order valence-corrected chi connectivity index (χ1v) is 21.2. The number of nitrogens with one attached hydrogen (secondary N) is 6. The second-order valence-corrected chi connectivity index (χ2v) is 15.9. The van der Waals surface area contributed by atoms with Crippen LogP contribution in [0.5, 0.6) is 5.75 Å². The topological polar surface area (TPSA) is 372 Å². The molecular formula is C43H58N10O12. The minimum absolute atomic E-state index is 0.0327. The van der Waals surface area contributed by atoms with Gasteiger partial charge in [0.2, 0.25) is 41.4 Å². The third-order valence-electron chi connectivity index (χ3n) is 10.9. The number of carbonyl (C=O) groups excluding carboxylic acids is 7. The number of H-pyrrole nitrogens is 1. The summed E-state index contributed by atoms with van der Waals surface area (Å²) in [6, 6.07) is 6.50. The molecule has 6 atom stereocenters. The molecule has 0 bridgehead atoms. The molecule has 0 saturated carbocycles. The summed E-state index contributed by atoms with van der Waals surface area (Å²) in [6.45, 7) is -0.345. The molecule has 0 spiro atoms. The Morgan fingerprint density at radius 1 is 0.800 bits per heavy atom. The van der Waals surface area contributed by atoms with Gasteiger partial charge >= 0.3 is 11.9 Å². The Kier molecular flexibility index (Phi) is 19.2. The number of likely N-dealkylation sites (tertiary alicyclic amines) is 1. The Morgan fingerprint density at radius 2 is 1.49 bits per heavy atom. The van der Waals surface area contributed by atoms with Crippen molar-refractivity contribution in [2.45, 2.75) is 94.4 Å². The maximum absolute atomic E-state index is 14.1. The number of primary amides is 1. The maximum atomic E-state index is 14.1. The molecule has 22 nitrogen and oxygen atoms in total. The number of unbranched alkanes of at least 4 members (excludes halogenated alkanes) is 1. The van der Waals surface area contributed by atoms with Gasteiger partial charge in [-0.2, -0.15) is 0 Å². The van der Waals surface area contributed by atoms with E-state index < -0.39 is 115 Å². The summed E-state index contributed by atoms with van der Waals surface area (Å²) in [4.78, 5) is 121. The number of amides is 7. The second kappa shape index (κ2) is 24.7. The molecule has 22 heteroatoms. The predicted octanol–water partition coefficient (Wildman–Crippen LogP) is -1.77. The first kappa shape index (κ1) is 50.6. The van der Waals surface area contributed by atoms with Crippen LogP contribution in [0.4, 0.5) is 0 Å². The number of carboxylic acids is 2. The molecular weight excluding hydrogens is 849 g/mol. The van der Waals surface area contributed by atoms with Gasteiger partial charge < -0.3 is 69.0 Å². The fraction of sp³-hybridized carbons (Fsp3) is 0.465. The number of phenolic OH excluding ortho intramolecular Hbond substituents is 1. The number of benzene rings is 2. The van der Waals surface area contributed by atoms with Crippen molar-refractivity contribution in [1.82, 2.24) is 36.5 Å². The summed E-state index contributed by atoms with van der Waals surface area (Å²) >= 11 is 0. The van der Waals surface area contributed by atoms with Crippen LogP contribution in [0.2, 0.25) is 0 Å². The van der Waals surface area contributed by atoms with E-state index in [9.17, 15) is 58.5 Å². The zero-order chi connectivity index (χ0) is 47.6. The Bertz CT molecular complexity index is 2180. The predicted molar refractivity (Wildman–Crippen MR) is 233 cm³/mol. The molecule has 2 heterocycles. The van der Waals surface area contributed by atoms with E-state index in [-0.39, 0.29) is 44.5 Å². The van der Waals surface area contributed by atoms with Gasteiger partial charge in [-0.25, -0.2) is 4.79 Å². The smallest absolute Gasteiger partial charge is 0.326 e. The number of aromatic nitrogens is 1. The van der Waals surface area contributed by atoms with E-state index in [4.69, 9.17) is 17.2 Å². The highest BCUT2D eigenvalue weighted by Gasteiger charge is 2.36. The lowest BCUT2D eigenvalue weighted by molar-refractivity contribution is -0.143. The summed E-state index contributed by atoms with van der Waals surface area (Å²) in [5, 5.41) is 41.8. The average molecular weight is 907 g/mol. The molecule has 1 aromatic heterocycles. The van der Waals surface area contributed by atoms with E-state index >= 15 is 0 Å². The van der Waals surface area contributed by atoms with Crippen LogP contribution >= 0.6 is 0 Å². The molecule has 65 heavy (non-hydrogen) atoms. The summed E-state index contributed by atoms with van der Waals surface area (Å²) in [5.41, 5.74) is 18.9. The minimum Gasteiger partial charge on any atom is -0.508 e. The largest absolute Gasteiger partial charge is 0.508 e. The number of para-hydroxylation sites is 1. The average Bonchev–Trinajstić information content (AvgIpc) is 3.68. The van der Waals surface area contributed by atoms with E-state index in [0.29, 0.717) is 36.9 Å². The van der Waals surface area contributed by atoms with Gasteiger partial charge in [0, 0.05) is 43.0 Å². The van der Waals surface area contributed by atoms with Gasteiger partial charge in [0.15, 0.2) is 0 Å². The number of piperidine rings is 1. The Morgan fingerprint density at radius 3 is 2.17 bits per heavy atom. The van der Waals surface area contributed by atoms with Gasteiger partial charge in [-0.3, -0.25) is 38.4 Å². The van der Waals surface area contributed by atoms with Crippen molar-refractivity contribution in [3.63, 3.8) is 0 Å². The molecule has 0 unspecified atom stereocenters. The second-order valence-electron chi connectivity index (χ2n) is 15.9. The molecule has 3 aromatic rings. The number of aromatic hydroxyl groups is 1. The number of phenols is 1. The first-order valence-electron chi connectivity index (χ1n) is 21.2. The highest BCUT2D eigenvalue weighted by Crippen LogP contribution is 2.22. The van der Waals surface area contributed by atoms with Crippen LogP contribution in [0.3, 0.4) is 0 Å². The molecule has 0 radical (unpaired) electrons. The van der Waals surface area contributed by atoms with E-state index in [1.807, 2.05) is 0 Å². The number of nitrogens with zero attached hydrogens (tertiary/aromatic N) is 1. The van der Waals surface area contributed by atoms with Gasteiger partial charge in [-0.15, -0.1) is 0 Å². The van der Waals surface area contributed by atoms with E-state index in [1.54, 1.807) is 42.6 Å². The van der Waals surface area contributed by atoms with Crippen LogP contribution in [0, 0.1) is 5.92 Å². The van der Waals surface area contributed by atoms with Gasteiger partial charge in [-0.1, -0.05) is 30.3 Å². The van der Waals surface area contributed by atoms with Crippen molar-refractivity contribution in [3.05, 3.63) is 65.9 Å². The minimum atomic E-state index is -1.51. The zero-order valence-corrected chi connectivity index (χ0v) is 35.8. The fourth-order valence-electron chi connectivity index (χ4n) is 7.39. The standard InChI is InChI=1S/C43H58N10O12/c44-16-4-3-9-32(43(64)65)51-40(61)31(14-15-37(57)58)50-41(62)33(19-26-21-47-30-8-2-1-7-28(26)30)52-38(59)25-6-5-17-53(23-25)42(63)34(20-35(46)55)49-36(56)22-48-39(60)29(45)18-24-10-12-27(54)13-11-24/h1-2,7-8,10-13,21,25,29,31-34,47,54H,3-6,9,14-20,22-23,44-45H2,(H2,46,55)(H,48,60)(H,49,56)(H,50,62)(H,51,61)(H,52,59)(H,57,58)(H,64,65)/t25-,29+,31+,32+,33+,34+/m1/s1. The molecule has 1 fully saturated rings. The summed E-state index contributed by atoms with van der Waals surface area (Å²) in [6.07, 6.45) is 1.56. The number of aliphatic carboxylic acids is 2. The molecule has 7 amide bonds. The van der Waals surface area contributed by atoms with Crippen molar-refractivity contribution >= 4 is 64.2 Å². The van der Waals surface area contributed by atoms with E-state index in [1.165, 1.54) is 17.0 Å². The number of hydrogen-bond acceptors (Lipinski definition) is 12. The van der Waals surface area contributed by atoms with Crippen LogP contribution in [0.25, 0.3) is 10.9 Å². The monoisotopic (exact) mass is 906 g/mol. The van der Waals surface area contributed by atoms with Gasteiger partial charge in [-0.05, 0) is 80.8 Å². The van der Waals surface area contributed by atoms with Crippen LogP contribution in [-0.4, -0.2) is 135 Å². The number of rotatable bonds is 25. The molecule has 1 aliphatic heterocycles. The Hall–Kier alpha value is -7.07. The quantitative estimate of drug-likeness (QED) is 0.0419. The molecule has 1 saturated heterocycles. The summed E-state index contributed by atoms with van der Waals surface area (Å²) in [7, 11) is 0. The number of hydrogen-bond donors (Lipinski definition) is 12. The molecule has 2 aromatic carbocycles. The maximum Gasteiger partial charge on any atom is 0.326 e. The van der Waals surface area contributed by atoms with E-state index in [2.05, 4.69) is 31.6 Å². The van der Waals surface area contributed by atoms with Crippen LogP contribution < -0.4 is 43.8 Å². The SMILES string of the molecule is NCCCC[C@H](NC(=O)[C@H](CCC(=O)O)NC(=O)[C@H](Cc1c[nH]c2ccccc12)NC(=O)[C@@H]1CCCN(C(=O)[C@H](CC(N)=O)NC(=O)CNC(=O)[C@@H](N)Cc2ccc(O)cc2)C1)C(=O)O. The fourth-order valence-corrected chi connectivity index (χ4v) is 7.39. The van der Waals surface area contributed by atoms with Crippen LogP contribution in [0.1, 0.15) is 62.5 Å². The Balaban J connectivity index is 1.47. The molecule has 1 aliphatic rings. The van der Waals surface area contributed by atoms with Crippen LogP contribution in [0.15, 0.2) is 54.7 Å². The lowest BCUT2D eigenvalue weighted by Gasteiger charge is -2.35. The number of carboxylic acid groups (broad SMARTS) is 2. The van der Waals surface area contributed by atoms with Crippen LogP contribution in [-0.2, 0) is 56.0 Å². The van der Waals surface area contributed by atoms with E-state index in [0.717, 1.165) is 10.9 Å². The molecule has 0 aliphatic carbocycles. The zero-order valence-electron chi connectivity index (χ0n) is 35.8. The third kappa shape index (κ3) is 15.9. The van der Waals surface area contributed by atoms with Gasteiger partial charge in [0.1, 0.15) is 29.9 Å². The third-order valence-corrected chi connectivity index (χ3v) is 10.9. The van der Waals surface area contributed by atoms with Crippen molar-refractivity contribution in [1.29, 1.82) is 0 Å². The van der Waals surface area contributed by atoms with Crippen molar-refractivity contribution in [2.75, 3.05) is 26.2 Å². The first-order chi connectivity index (χ1) is 30.9. The number of carbonyl (C=O) groups is 9. The van der Waals surface area contributed by atoms with Crippen molar-refractivity contribution < 1.29 is 58.5 Å². The summed E-state index contributed by atoms with van der Waals surface area (Å²) in [5.74, 6) is -9.08. The molecule has 15 N–H and O–H groups in total. The molecule has 352 valence electrons. The lowest BCUT2D eigenvalue weighted by atomic mass is 9.95.